The molecule has 0 spiro atoms. The average Bonchev–Trinajstić information content (AvgIpc) is 2.91. The molecule has 0 saturated heterocycles. The molecule has 1 aromatic carbocycles. The monoisotopic (exact) mass is 258 g/mol. The van der Waals surface area contributed by atoms with E-state index in [0.717, 1.165) is 5.69 Å². The lowest BCUT2D eigenvalue weighted by atomic mass is 10.1. The number of carbonyl (C=O) groups excluding carboxylic acids is 1. The van der Waals surface area contributed by atoms with Gasteiger partial charge in [0.1, 0.15) is 0 Å². The Morgan fingerprint density at radius 3 is 2.47 bits per heavy atom. The first-order chi connectivity index (χ1) is 9.10. The van der Waals surface area contributed by atoms with Crippen LogP contribution in [0.15, 0.2) is 47.7 Å². The molecule has 2 aromatic rings. The Morgan fingerprint density at radius 1 is 1.21 bits per heavy atom. The molecule has 0 aliphatic rings. The van der Waals surface area contributed by atoms with Crippen molar-refractivity contribution in [2.45, 2.75) is 6.61 Å². The van der Waals surface area contributed by atoms with Gasteiger partial charge in [-0.2, -0.15) is 4.99 Å². The van der Waals surface area contributed by atoms with Crippen molar-refractivity contribution in [3.05, 3.63) is 53.9 Å². The van der Waals surface area contributed by atoms with E-state index in [4.69, 9.17) is 11.5 Å². The molecule has 6 nitrogen and oxygen atoms in total. The molecule has 1 amide bonds. The molecule has 0 unspecified atom stereocenters. The van der Waals surface area contributed by atoms with E-state index in [-0.39, 0.29) is 12.6 Å². The number of aliphatic imine (C=N–C) groups is 1. The average molecular weight is 258 g/mol. The van der Waals surface area contributed by atoms with Gasteiger partial charge in [-0.3, -0.25) is 4.79 Å². The summed E-state index contributed by atoms with van der Waals surface area (Å²) < 4.78 is 1.82. The second-order valence-corrected chi connectivity index (χ2v) is 3.98. The Bertz CT molecular complexity index is 614. The van der Waals surface area contributed by atoms with Crippen LogP contribution in [0.5, 0.6) is 0 Å². The predicted octanol–water partition coefficient (Wildman–Crippen LogP) is 0.383. The first kappa shape index (κ1) is 12.8. The van der Waals surface area contributed by atoms with Crippen molar-refractivity contribution in [2.24, 2.45) is 16.5 Å². The van der Waals surface area contributed by atoms with E-state index in [1.165, 1.54) is 0 Å². The molecule has 5 N–H and O–H groups in total. The smallest absolute Gasteiger partial charge is 0.280 e. The number of nitrogens with two attached hydrogens (primary N) is 2. The highest BCUT2D eigenvalue weighted by Crippen LogP contribution is 2.16. The molecule has 2 rings (SSSR count). The summed E-state index contributed by atoms with van der Waals surface area (Å²) in [6, 6.07) is 8.73. The SMILES string of the molecule is NC(N)=NC(=O)c1cc(CO)cc(-n2cccc2)c1. The molecule has 0 aliphatic carbocycles. The minimum absolute atomic E-state index is 0.169. The zero-order valence-corrected chi connectivity index (χ0v) is 10.2. The van der Waals surface area contributed by atoms with E-state index in [1.54, 1.807) is 18.2 Å². The number of carbonyl (C=O) groups is 1. The summed E-state index contributed by atoms with van der Waals surface area (Å²) in [5, 5.41) is 9.24. The van der Waals surface area contributed by atoms with E-state index < -0.39 is 5.91 Å². The van der Waals surface area contributed by atoms with Gasteiger partial charge in [0.05, 0.1) is 6.61 Å². The van der Waals surface area contributed by atoms with Gasteiger partial charge in [0, 0.05) is 23.6 Å². The number of aliphatic hydroxyl groups is 1. The van der Waals surface area contributed by atoms with E-state index >= 15 is 0 Å². The van der Waals surface area contributed by atoms with Gasteiger partial charge in [0.15, 0.2) is 5.96 Å². The van der Waals surface area contributed by atoms with Crippen LogP contribution in [-0.2, 0) is 6.61 Å². The summed E-state index contributed by atoms with van der Waals surface area (Å²) in [4.78, 5) is 15.3. The number of hydrogen-bond donors (Lipinski definition) is 3. The van der Waals surface area contributed by atoms with Gasteiger partial charge in [-0.1, -0.05) is 0 Å². The summed E-state index contributed by atoms with van der Waals surface area (Å²) in [7, 11) is 0. The molecule has 0 fully saturated rings. The zero-order chi connectivity index (χ0) is 13.8. The number of nitrogens with zero attached hydrogens (tertiary/aromatic N) is 2. The molecular formula is C13H14N4O2. The molecule has 0 aliphatic heterocycles. The maximum absolute atomic E-state index is 11.8. The third-order valence-corrected chi connectivity index (χ3v) is 2.54. The normalized spacial score (nSPS) is 10.2. The fourth-order valence-electron chi connectivity index (χ4n) is 1.73. The third-order valence-electron chi connectivity index (χ3n) is 2.54. The summed E-state index contributed by atoms with van der Waals surface area (Å²) >= 11 is 0. The van der Waals surface area contributed by atoms with Gasteiger partial charge in [-0.05, 0) is 35.9 Å². The van der Waals surface area contributed by atoms with Crippen LogP contribution in [0.3, 0.4) is 0 Å². The molecule has 1 heterocycles. The number of amides is 1. The highest BCUT2D eigenvalue weighted by atomic mass is 16.3. The lowest BCUT2D eigenvalue weighted by Gasteiger charge is -2.07. The Labute approximate surface area is 110 Å². The Kier molecular flexibility index (Phi) is 3.63. The predicted molar refractivity (Wildman–Crippen MR) is 71.8 cm³/mol. The van der Waals surface area contributed by atoms with Crippen molar-refractivity contribution in [3.63, 3.8) is 0 Å². The van der Waals surface area contributed by atoms with E-state index in [1.807, 2.05) is 29.1 Å². The first-order valence-electron chi connectivity index (χ1n) is 5.62. The second kappa shape index (κ2) is 5.36. The second-order valence-electron chi connectivity index (χ2n) is 3.98. The van der Waals surface area contributed by atoms with Crippen LogP contribution < -0.4 is 11.5 Å². The van der Waals surface area contributed by atoms with Crippen LogP contribution in [-0.4, -0.2) is 21.5 Å². The van der Waals surface area contributed by atoms with Crippen molar-refractivity contribution in [1.29, 1.82) is 0 Å². The minimum Gasteiger partial charge on any atom is -0.392 e. The summed E-state index contributed by atoms with van der Waals surface area (Å²) in [6.45, 7) is -0.169. The van der Waals surface area contributed by atoms with Crippen molar-refractivity contribution < 1.29 is 9.90 Å². The van der Waals surface area contributed by atoms with Crippen molar-refractivity contribution >= 4 is 11.9 Å². The highest BCUT2D eigenvalue weighted by molar-refractivity contribution is 6.02. The molecule has 19 heavy (non-hydrogen) atoms. The van der Waals surface area contributed by atoms with Crippen LogP contribution in [0.2, 0.25) is 0 Å². The van der Waals surface area contributed by atoms with E-state index in [2.05, 4.69) is 4.99 Å². The fourth-order valence-corrected chi connectivity index (χ4v) is 1.73. The quantitative estimate of drug-likeness (QED) is 0.546. The number of benzene rings is 1. The van der Waals surface area contributed by atoms with Crippen LogP contribution in [0, 0.1) is 0 Å². The van der Waals surface area contributed by atoms with Crippen LogP contribution >= 0.6 is 0 Å². The maximum Gasteiger partial charge on any atom is 0.280 e. The van der Waals surface area contributed by atoms with Gasteiger partial charge in [0.25, 0.3) is 5.91 Å². The molecule has 6 heteroatoms. The van der Waals surface area contributed by atoms with Crippen molar-refractivity contribution in [1.82, 2.24) is 4.57 Å². The van der Waals surface area contributed by atoms with Gasteiger partial charge in [-0.25, -0.2) is 0 Å². The molecule has 0 saturated carbocycles. The Hall–Kier alpha value is -2.60. The molecule has 1 aromatic heterocycles. The van der Waals surface area contributed by atoms with Crippen LogP contribution in [0.4, 0.5) is 0 Å². The van der Waals surface area contributed by atoms with Crippen molar-refractivity contribution in [3.8, 4) is 5.69 Å². The lowest BCUT2D eigenvalue weighted by Crippen LogP contribution is -2.24. The maximum atomic E-state index is 11.8. The van der Waals surface area contributed by atoms with E-state index in [0.29, 0.717) is 11.1 Å². The van der Waals surface area contributed by atoms with Gasteiger partial charge < -0.3 is 21.1 Å². The molecule has 0 atom stereocenters. The van der Waals surface area contributed by atoms with Crippen molar-refractivity contribution in [2.75, 3.05) is 0 Å². The fraction of sp³-hybridized carbons (Fsp3) is 0.0769. The number of rotatable bonds is 3. The first-order valence-corrected chi connectivity index (χ1v) is 5.62. The van der Waals surface area contributed by atoms with Gasteiger partial charge in [-0.15, -0.1) is 0 Å². The minimum atomic E-state index is -0.538. The Balaban J connectivity index is 2.48. The van der Waals surface area contributed by atoms with Crippen LogP contribution in [0.1, 0.15) is 15.9 Å². The number of guanidine groups is 1. The van der Waals surface area contributed by atoms with Gasteiger partial charge in [0.2, 0.25) is 0 Å². The standard InChI is InChI=1S/C13H14N4O2/c14-13(15)16-12(19)10-5-9(8-18)6-11(7-10)17-3-1-2-4-17/h1-7,18H,8H2,(H4,14,15,16,19). The summed E-state index contributed by atoms with van der Waals surface area (Å²) in [6.07, 6.45) is 3.68. The third kappa shape index (κ3) is 2.99. The van der Waals surface area contributed by atoms with Crippen LogP contribution in [0.25, 0.3) is 5.69 Å². The number of hydrogen-bond acceptors (Lipinski definition) is 2. The summed E-state index contributed by atoms with van der Waals surface area (Å²) in [5.41, 5.74) is 12.1. The largest absolute Gasteiger partial charge is 0.392 e. The summed E-state index contributed by atoms with van der Waals surface area (Å²) in [5.74, 6) is -0.828. The molecule has 98 valence electrons. The highest BCUT2D eigenvalue weighted by Gasteiger charge is 2.09. The zero-order valence-electron chi connectivity index (χ0n) is 10.2. The molecular weight excluding hydrogens is 244 g/mol. The van der Waals surface area contributed by atoms with Gasteiger partial charge >= 0.3 is 0 Å². The molecule has 0 radical (unpaired) electrons. The van der Waals surface area contributed by atoms with E-state index in [9.17, 15) is 9.90 Å². The molecule has 0 bridgehead atoms. The topological polar surface area (TPSA) is 107 Å². The lowest BCUT2D eigenvalue weighted by molar-refractivity contribution is 0.100. The number of aromatic nitrogens is 1. The Morgan fingerprint density at radius 2 is 1.89 bits per heavy atom. The number of aliphatic hydroxyl groups excluding tert-OH is 1.